The van der Waals surface area contributed by atoms with Crippen LogP contribution in [-0.2, 0) is 32.0 Å². The van der Waals surface area contributed by atoms with E-state index in [4.69, 9.17) is 0 Å². The summed E-state index contributed by atoms with van der Waals surface area (Å²) in [4.78, 5) is 63.1. The highest BCUT2D eigenvalue weighted by molar-refractivity contribution is 6.37. The van der Waals surface area contributed by atoms with E-state index >= 15 is 0 Å². The van der Waals surface area contributed by atoms with Crippen LogP contribution in [0.3, 0.4) is 0 Å². The summed E-state index contributed by atoms with van der Waals surface area (Å²) < 4.78 is 0. The normalized spacial score (nSPS) is 12.2. The second kappa shape index (κ2) is 14.5. The maximum absolute atomic E-state index is 13.2. The number of carbonyl (C=O) groups excluding carboxylic acids is 5. The van der Waals surface area contributed by atoms with Gasteiger partial charge in [-0.2, -0.15) is 0 Å². The van der Waals surface area contributed by atoms with Crippen molar-refractivity contribution in [2.75, 3.05) is 0 Å². The van der Waals surface area contributed by atoms with Gasteiger partial charge in [0.1, 0.15) is 0 Å². The number of hydrogen-bond donors (Lipinski definition) is 1. The number of benzene rings is 3. The Labute approximate surface area is 223 Å². The zero-order chi connectivity index (χ0) is 27.3. The van der Waals surface area contributed by atoms with Crippen LogP contribution in [0.1, 0.15) is 54.1 Å². The molecule has 0 spiro atoms. The molecule has 6 heteroatoms. The van der Waals surface area contributed by atoms with E-state index in [2.05, 4.69) is 5.32 Å². The van der Waals surface area contributed by atoms with Crippen LogP contribution in [0.5, 0.6) is 0 Å². The number of rotatable bonds is 15. The Hall–Kier alpha value is -4.19. The van der Waals surface area contributed by atoms with E-state index in [1.165, 1.54) is 0 Å². The summed E-state index contributed by atoms with van der Waals surface area (Å²) in [7, 11) is 0. The molecule has 38 heavy (non-hydrogen) atoms. The van der Waals surface area contributed by atoms with Crippen LogP contribution in [0, 0.1) is 5.92 Å². The van der Waals surface area contributed by atoms with Crippen LogP contribution in [-0.4, -0.2) is 35.1 Å². The molecule has 2 atom stereocenters. The lowest BCUT2D eigenvalue weighted by atomic mass is 9.91. The van der Waals surface area contributed by atoms with Crippen molar-refractivity contribution >= 4 is 29.0 Å². The molecule has 1 N–H and O–H groups in total. The summed E-state index contributed by atoms with van der Waals surface area (Å²) in [6.07, 6.45) is 0.590. The Morgan fingerprint density at radius 1 is 0.658 bits per heavy atom. The van der Waals surface area contributed by atoms with Gasteiger partial charge in [0.25, 0.3) is 0 Å². The number of carbonyl (C=O) groups is 5. The third-order valence-electron chi connectivity index (χ3n) is 6.46. The van der Waals surface area contributed by atoms with Crippen molar-refractivity contribution in [3.8, 4) is 0 Å². The van der Waals surface area contributed by atoms with Crippen LogP contribution in [0.25, 0.3) is 0 Å². The number of amides is 1. The molecule has 0 aliphatic carbocycles. The molecule has 3 aromatic rings. The van der Waals surface area contributed by atoms with Crippen LogP contribution >= 0.6 is 0 Å². The monoisotopic (exact) mass is 511 g/mol. The lowest BCUT2D eigenvalue weighted by Gasteiger charge is -2.20. The number of nitrogens with one attached hydrogen (secondary N) is 1. The fraction of sp³-hybridized carbons (Fsp3) is 0.281. The number of ketones is 4. The number of hydrogen-bond acceptors (Lipinski definition) is 5. The smallest absolute Gasteiger partial charge is 0.224 e. The first-order chi connectivity index (χ1) is 18.3. The van der Waals surface area contributed by atoms with Crippen LogP contribution in [0.4, 0.5) is 0 Å². The maximum atomic E-state index is 13.2. The summed E-state index contributed by atoms with van der Waals surface area (Å²) in [5, 5.41) is 2.72. The van der Waals surface area contributed by atoms with E-state index in [-0.39, 0.29) is 37.2 Å². The van der Waals surface area contributed by atoms with E-state index in [9.17, 15) is 24.0 Å². The molecule has 196 valence electrons. The summed E-state index contributed by atoms with van der Waals surface area (Å²) in [6, 6.07) is 26.8. The minimum atomic E-state index is -0.847. The van der Waals surface area contributed by atoms with Crippen molar-refractivity contribution < 1.29 is 24.0 Å². The quantitative estimate of drug-likeness (QED) is 0.235. The average molecular weight is 512 g/mol. The van der Waals surface area contributed by atoms with Gasteiger partial charge in [0.05, 0.1) is 6.04 Å². The van der Waals surface area contributed by atoms with E-state index in [1.54, 1.807) is 31.2 Å². The molecule has 0 unspecified atom stereocenters. The van der Waals surface area contributed by atoms with Gasteiger partial charge in [-0.1, -0.05) is 91.0 Å². The standard InChI is InChI=1S/C32H33NO5/c1-23(28(34)19-20-30(36)29(35)18-17-24-11-5-2-6-12-24)33-32(38)27(21-25-13-7-3-8-14-25)22-31(37)26-15-9-4-10-16-26/h2-16,23,27H,17-22H2,1H3,(H,33,38)/t23-,27+/m0/s1. The third-order valence-corrected chi connectivity index (χ3v) is 6.46. The zero-order valence-corrected chi connectivity index (χ0v) is 21.6. The van der Waals surface area contributed by atoms with Gasteiger partial charge in [0, 0.05) is 37.2 Å². The molecule has 0 saturated carbocycles. The minimum absolute atomic E-state index is 0.0000531. The molecular weight excluding hydrogens is 478 g/mol. The molecule has 0 radical (unpaired) electrons. The van der Waals surface area contributed by atoms with Crippen molar-refractivity contribution in [3.63, 3.8) is 0 Å². The van der Waals surface area contributed by atoms with Crippen molar-refractivity contribution in [3.05, 3.63) is 108 Å². The Morgan fingerprint density at radius 3 is 1.79 bits per heavy atom. The van der Waals surface area contributed by atoms with Crippen LogP contribution in [0.15, 0.2) is 91.0 Å². The Kier molecular flexibility index (Phi) is 10.8. The van der Waals surface area contributed by atoms with E-state index < -0.39 is 29.4 Å². The molecular formula is C32H33NO5. The topological polar surface area (TPSA) is 97.4 Å². The van der Waals surface area contributed by atoms with Gasteiger partial charge in [0.2, 0.25) is 5.91 Å². The second-order valence-corrected chi connectivity index (χ2v) is 9.41. The molecule has 3 aromatic carbocycles. The third kappa shape index (κ3) is 9.04. The lowest BCUT2D eigenvalue weighted by molar-refractivity contribution is -0.137. The Balaban J connectivity index is 1.53. The summed E-state index contributed by atoms with van der Waals surface area (Å²) in [5.74, 6) is -2.63. The highest BCUT2D eigenvalue weighted by Crippen LogP contribution is 2.17. The summed E-state index contributed by atoms with van der Waals surface area (Å²) in [5.41, 5.74) is 2.40. The van der Waals surface area contributed by atoms with Gasteiger partial charge >= 0.3 is 0 Å². The van der Waals surface area contributed by atoms with Crippen LogP contribution < -0.4 is 5.32 Å². The summed E-state index contributed by atoms with van der Waals surface area (Å²) >= 11 is 0. The highest BCUT2D eigenvalue weighted by Gasteiger charge is 2.26. The molecule has 0 aromatic heterocycles. The lowest BCUT2D eigenvalue weighted by Crippen LogP contribution is -2.43. The fourth-order valence-corrected chi connectivity index (χ4v) is 4.17. The molecule has 0 fully saturated rings. The molecule has 0 heterocycles. The maximum Gasteiger partial charge on any atom is 0.224 e. The molecule has 1 amide bonds. The van der Waals surface area contributed by atoms with E-state index in [0.29, 0.717) is 18.4 Å². The molecule has 0 aliphatic rings. The van der Waals surface area contributed by atoms with Gasteiger partial charge in [0.15, 0.2) is 23.1 Å². The fourth-order valence-electron chi connectivity index (χ4n) is 4.17. The molecule has 0 aliphatic heterocycles. The minimum Gasteiger partial charge on any atom is -0.346 e. The predicted octanol–water partition coefficient (Wildman–Crippen LogP) is 4.74. The average Bonchev–Trinajstić information content (AvgIpc) is 2.95. The van der Waals surface area contributed by atoms with Crippen molar-refractivity contribution in [1.29, 1.82) is 0 Å². The van der Waals surface area contributed by atoms with Gasteiger partial charge < -0.3 is 5.32 Å². The van der Waals surface area contributed by atoms with Crippen LogP contribution in [0.2, 0.25) is 0 Å². The zero-order valence-electron chi connectivity index (χ0n) is 21.6. The van der Waals surface area contributed by atoms with E-state index in [1.807, 2.05) is 66.7 Å². The van der Waals surface area contributed by atoms with Gasteiger partial charge in [-0.05, 0) is 30.9 Å². The van der Waals surface area contributed by atoms with Gasteiger partial charge in [-0.3, -0.25) is 24.0 Å². The molecule has 0 saturated heterocycles. The summed E-state index contributed by atoms with van der Waals surface area (Å²) in [6.45, 7) is 1.56. The van der Waals surface area contributed by atoms with Crippen molar-refractivity contribution in [2.45, 2.75) is 51.5 Å². The largest absolute Gasteiger partial charge is 0.346 e. The van der Waals surface area contributed by atoms with Gasteiger partial charge in [-0.25, -0.2) is 0 Å². The number of Topliss-reactive ketones (excluding diaryl/α,β-unsaturated/α-hetero) is 4. The van der Waals surface area contributed by atoms with Crippen molar-refractivity contribution in [1.82, 2.24) is 5.32 Å². The Morgan fingerprint density at radius 2 is 1.18 bits per heavy atom. The first-order valence-corrected chi connectivity index (χ1v) is 12.9. The first-order valence-electron chi connectivity index (χ1n) is 12.9. The molecule has 3 rings (SSSR count). The predicted molar refractivity (Wildman–Crippen MR) is 146 cm³/mol. The van der Waals surface area contributed by atoms with Gasteiger partial charge in [-0.15, -0.1) is 0 Å². The first kappa shape index (κ1) is 28.4. The molecule has 0 bridgehead atoms. The molecule has 6 nitrogen and oxygen atoms in total. The Bertz CT molecular complexity index is 1240. The highest BCUT2D eigenvalue weighted by atomic mass is 16.2. The van der Waals surface area contributed by atoms with Crippen molar-refractivity contribution in [2.24, 2.45) is 5.92 Å². The van der Waals surface area contributed by atoms with E-state index in [0.717, 1.165) is 11.1 Å². The number of aryl methyl sites for hydroxylation is 1. The SMILES string of the molecule is C[C@H](NC(=O)[C@@H](CC(=O)c1ccccc1)Cc1ccccc1)C(=O)CCC(=O)C(=O)CCc1ccccc1. The second-order valence-electron chi connectivity index (χ2n) is 9.41.